The normalized spacial score (nSPS) is 14.0. The largest absolute Gasteiger partial charge is 0.452 e. The molecule has 0 spiro atoms. The van der Waals surface area contributed by atoms with Gasteiger partial charge in [0, 0.05) is 10.5 Å². The van der Waals surface area contributed by atoms with E-state index in [9.17, 15) is 9.59 Å². The molecule has 1 aliphatic rings. The number of allylic oxidation sites excluding steroid dienone is 1. The summed E-state index contributed by atoms with van der Waals surface area (Å²) in [5.74, 6) is 0.720. The quantitative estimate of drug-likeness (QED) is 0.255. The number of rotatable bonds is 4. The second-order valence-corrected chi connectivity index (χ2v) is 8.23. The molecule has 0 amide bonds. The monoisotopic (exact) mass is 462 g/mol. The molecule has 0 saturated heterocycles. The van der Waals surface area contributed by atoms with Crippen molar-refractivity contribution in [2.24, 2.45) is 0 Å². The number of halogens is 1. The van der Waals surface area contributed by atoms with Gasteiger partial charge in [-0.1, -0.05) is 54.0 Å². The predicted octanol–water partition coefficient (Wildman–Crippen LogP) is 6.41. The molecule has 0 unspecified atom stereocenters. The first kappa shape index (κ1) is 20.1. The lowest BCUT2D eigenvalue weighted by Gasteiger charge is -2.06. The van der Waals surface area contributed by atoms with Crippen molar-refractivity contribution >= 4 is 33.8 Å². The van der Waals surface area contributed by atoms with E-state index in [4.69, 9.17) is 9.47 Å². The molecule has 3 aromatic carbocycles. The van der Waals surface area contributed by atoms with Crippen LogP contribution in [0.3, 0.4) is 0 Å². The molecule has 30 heavy (non-hydrogen) atoms. The summed E-state index contributed by atoms with van der Waals surface area (Å²) >= 11 is 3.33. The maximum atomic E-state index is 12.7. The molecular formula is C25H19BrO4. The van der Waals surface area contributed by atoms with Crippen LogP contribution >= 0.6 is 15.9 Å². The van der Waals surface area contributed by atoms with Crippen LogP contribution in [0, 0.1) is 0 Å². The van der Waals surface area contributed by atoms with E-state index in [1.807, 2.05) is 24.3 Å². The van der Waals surface area contributed by atoms with Crippen LogP contribution in [0.15, 0.2) is 77.0 Å². The molecule has 0 saturated carbocycles. The molecule has 150 valence electrons. The molecule has 1 heterocycles. The Hall–Kier alpha value is -3.18. The molecule has 5 heteroatoms. The Morgan fingerprint density at radius 3 is 2.37 bits per heavy atom. The number of fused-ring (bicyclic) bond motifs is 1. The van der Waals surface area contributed by atoms with Gasteiger partial charge in [0.1, 0.15) is 11.5 Å². The van der Waals surface area contributed by atoms with Gasteiger partial charge < -0.3 is 9.47 Å². The summed E-state index contributed by atoms with van der Waals surface area (Å²) in [6.07, 6.45) is 1.72. The smallest absolute Gasteiger partial charge is 0.343 e. The van der Waals surface area contributed by atoms with E-state index >= 15 is 0 Å². The van der Waals surface area contributed by atoms with Crippen LogP contribution < -0.4 is 9.47 Å². The van der Waals surface area contributed by atoms with Crippen molar-refractivity contribution in [2.75, 3.05) is 0 Å². The van der Waals surface area contributed by atoms with E-state index in [0.717, 1.165) is 10.0 Å². The van der Waals surface area contributed by atoms with Crippen molar-refractivity contribution in [2.45, 2.75) is 19.8 Å². The number of ether oxygens (including phenoxy) is 2. The van der Waals surface area contributed by atoms with E-state index in [0.29, 0.717) is 28.5 Å². The molecular weight excluding hydrogens is 444 g/mol. The third-order valence-corrected chi connectivity index (χ3v) is 5.36. The van der Waals surface area contributed by atoms with Crippen molar-refractivity contribution < 1.29 is 19.1 Å². The number of benzene rings is 3. The SMILES string of the molecule is CC(C)c1ccc(C=C2Oc3cc(OC(=O)c4ccc(Br)cc4)ccc3C2=O)cc1. The molecule has 0 aromatic heterocycles. The van der Waals surface area contributed by atoms with E-state index < -0.39 is 5.97 Å². The number of hydrogen-bond acceptors (Lipinski definition) is 4. The van der Waals surface area contributed by atoms with E-state index in [-0.39, 0.29) is 11.5 Å². The Bertz CT molecular complexity index is 1140. The third kappa shape index (κ3) is 4.21. The Morgan fingerprint density at radius 1 is 1.00 bits per heavy atom. The minimum atomic E-state index is -0.479. The van der Waals surface area contributed by atoms with Gasteiger partial charge in [0.05, 0.1) is 11.1 Å². The van der Waals surface area contributed by atoms with Gasteiger partial charge in [0.15, 0.2) is 5.76 Å². The van der Waals surface area contributed by atoms with Crippen LogP contribution in [0.2, 0.25) is 0 Å². The highest BCUT2D eigenvalue weighted by Crippen LogP contribution is 2.35. The van der Waals surface area contributed by atoms with E-state index in [1.165, 1.54) is 5.56 Å². The lowest BCUT2D eigenvalue weighted by Crippen LogP contribution is -2.08. The summed E-state index contributed by atoms with van der Waals surface area (Å²) in [6, 6.07) is 19.7. The minimum Gasteiger partial charge on any atom is -0.452 e. The Kier molecular flexibility index (Phi) is 5.55. The molecule has 4 rings (SSSR count). The zero-order valence-electron chi connectivity index (χ0n) is 16.5. The van der Waals surface area contributed by atoms with Crippen LogP contribution in [-0.4, -0.2) is 11.8 Å². The highest BCUT2D eigenvalue weighted by Gasteiger charge is 2.28. The fourth-order valence-corrected chi connectivity index (χ4v) is 3.38. The average Bonchev–Trinajstić information content (AvgIpc) is 3.03. The van der Waals surface area contributed by atoms with Gasteiger partial charge in [-0.05, 0) is 59.5 Å². The molecule has 0 bridgehead atoms. The van der Waals surface area contributed by atoms with Crippen LogP contribution in [0.25, 0.3) is 6.08 Å². The second kappa shape index (κ2) is 8.28. The summed E-state index contributed by atoms with van der Waals surface area (Å²) < 4.78 is 12.1. The van der Waals surface area contributed by atoms with Gasteiger partial charge in [0.2, 0.25) is 5.78 Å². The van der Waals surface area contributed by atoms with Crippen molar-refractivity contribution in [1.29, 1.82) is 0 Å². The molecule has 0 radical (unpaired) electrons. The number of ketones is 1. The minimum absolute atomic E-state index is 0.191. The van der Waals surface area contributed by atoms with Crippen LogP contribution in [0.4, 0.5) is 0 Å². The summed E-state index contributed by atoms with van der Waals surface area (Å²) in [7, 11) is 0. The van der Waals surface area contributed by atoms with Crippen molar-refractivity contribution in [1.82, 2.24) is 0 Å². The van der Waals surface area contributed by atoms with E-state index in [1.54, 1.807) is 48.5 Å². The summed E-state index contributed by atoms with van der Waals surface area (Å²) in [5.41, 5.74) is 3.00. The lowest BCUT2D eigenvalue weighted by molar-refractivity contribution is 0.0734. The lowest BCUT2D eigenvalue weighted by atomic mass is 10.0. The highest BCUT2D eigenvalue weighted by atomic mass is 79.9. The van der Waals surface area contributed by atoms with Crippen LogP contribution in [0.1, 0.15) is 51.6 Å². The molecule has 1 aliphatic heterocycles. The molecule has 0 fully saturated rings. The standard InChI is InChI=1S/C25H19BrO4/c1-15(2)17-5-3-16(4-6-17)13-23-24(27)21-12-11-20(14-22(21)30-23)29-25(28)18-7-9-19(26)10-8-18/h3-15H,1-2H3. The molecule has 4 nitrogen and oxygen atoms in total. The zero-order chi connectivity index (χ0) is 21.3. The molecule has 0 aliphatic carbocycles. The van der Waals surface area contributed by atoms with E-state index in [2.05, 4.69) is 29.8 Å². The van der Waals surface area contributed by atoms with Crippen molar-refractivity contribution in [3.05, 3.63) is 99.2 Å². The predicted molar refractivity (Wildman–Crippen MR) is 119 cm³/mol. The molecule has 3 aromatic rings. The fourth-order valence-electron chi connectivity index (χ4n) is 3.11. The topological polar surface area (TPSA) is 52.6 Å². The maximum absolute atomic E-state index is 12.7. The molecule has 0 atom stereocenters. The van der Waals surface area contributed by atoms with Gasteiger partial charge in [-0.15, -0.1) is 0 Å². The van der Waals surface area contributed by atoms with Crippen LogP contribution in [-0.2, 0) is 0 Å². The van der Waals surface area contributed by atoms with Crippen LogP contribution in [0.5, 0.6) is 11.5 Å². The third-order valence-electron chi connectivity index (χ3n) is 4.83. The number of Topliss-reactive ketones (excluding diaryl/α,β-unsaturated/α-hetero) is 1. The van der Waals surface area contributed by atoms with Gasteiger partial charge in [0.25, 0.3) is 0 Å². The summed E-state index contributed by atoms with van der Waals surface area (Å²) in [4.78, 5) is 25.0. The number of esters is 1. The van der Waals surface area contributed by atoms with Crippen molar-refractivity contribution in [3.63, 3.8) is 0 Å². The number of carbonyl (C=O) groups is 2. The van der Waals surface area contributed by atoms with Gasteiger partial charge in [-0.3, -0.25) is 4.79 Å². The van der Waals surface area contributed by atoms with Crippen molar-refractivity contribution in [3.8, 4) is 11.5 Å². The first-order chi connectivity index (χ1) is 14.4. The van der Waals surface area contributed by atoms with Gasteiger partial charge in [-0.25, -0.2) is 4.79 Å². The van der Waals surface area contributed by atoms with Gasteiger partial charge >= 0.3 is 5.97 Å². The number of carbonyl (C=O) groups excluding carboxylic acids is 2. The fraction of sp³-hybridized carbons (Fsp3) is 0.120. The Balaban J connectivity index is 1.52. The Morgan fingerprint density at radius 2 is 1.70 bits per heavy atom. The first-order valence-electron chi connectivity index (χ1n) is 9.57. The second-order valence-electron chi connectivity index (χ2n) is 7.32. The number of hydrogen-bond donors (Lipinski definition) is 0. The highest BCUT2D eigenvalue weighted by molar-refractivity contribution is 9.10. The van der Waals surface area contributed by atoms with Gasteiger partial charge in [-0.2, -0.15) is 0 Å². The maximum Gasteiger partial charge on any atom is 0.343 e. The average molecular weight is 463 g/mol. The Labute approximate surface area is 183 Å². The molecule has 0 N–H and O–H groups in total. The first-order valence-corrected chi connectivity index (χ1v) is 10.4. The summed E-state index contributed by atoms with van der Waals surface area (Å²) in [6.45, 7) is 4.27. The zero-order valence-corrected chi connectivity index (χ0v) is 18.1. The summed E-state index contributed by atoms with van der Waals surface area (Å²) in [5, 5.41) is 0.